The lowest BCUT2D eigenvalue weighted by atomic mass is 10.2. The molecule has 0 saturated carbocycles. The van der Waals surface area contributed by atoms with E-state index < -0.39 is 29.3 Å². The molecule has 0 fully saturated rings. The molecule has 1 rings (SSSR count). The van der Waals surface area contributed by atoms with Crippen molar-refractivity contribution >= 4 is 18.1 Å². The number of carbonyl (C=O) groups excluding carboxylic acids is 1. The summed E-state index contributed by atoms with van der Waals surface area (Å²) in [7, 11) is 0. The van der Waals surface area contributed by atoms with E-state index in [0.717, 1.165) is 0 Å². The summed E-state index contributed by atoms with van der Waals surface area (Å²) in [6.45, 7) is 4.68. The Morgan fingerprint density at radius 2 is 2.00 bits per heavy atom. The van der Waals surface area contributed by atoms with Crippen LogP contribution in [0.15, 0.2) is 29.7 Å². The lowest BCUT2D eigenvalue weighted by Crippen LogP contribution is -2.35. The molecule has 0 aromatic carbocycles. The molecule has 1 heterocycles. The van der Waals surface area contributed by atoms with Crippen molar-refractivity contribution in [1.29, 1.82) is 5.41 Å². The molecule has 1 aromatic heterocycles. The Hall–Kier alpha value is -2.65. The number of alkyl halides is 3. The molecular weight excluding hydrogens is 315 g/mol. The van der Waals surface area contributed by atoms with Gasteiger partial charge in [-0.2, -0.15) is 18.3 Å². The summed E-state index contributed by atoms with van der Waals surface area (Å²) in [5.41, 5.74) is -3.07. The number of hydrogen-bond donors (Lipinski definition) is 3. The molecule has 0 aliphatic carbocycles. The second kappa shape index (κ2) is 7.07. The Morgan fingerprint density at radius 3 is 2.43 bits per heavy atom. The van der Waals surface area contributed by atoms with Gasteiger partial charge >= 0.3 is 12.3 Å². The van der Waals surface area contributed by atoms with Gasteiger partial charge in [0.25, 0.3) is 0 Å². The highest BCUT2D eigenvalue weighted by Gasteiger charge is 2.37. The van der Waals surface area contributed by atoms with E-state index in [0.29, 0.717) is 6.21 Å². The molecule has 0 aliphatic rings. The number of nitrogens with zero attached hydrogens (tertiary/aromatic N) is 2. The van der Waals surface area contributed by atoms with E-state index in [-0.39, 0.29) is 5.82 Å². The number of anilines is 1. The van der Waals surface area contributed by atoms with E-state index in [1.165, 1.54) is 18.3 Å². The van der Waals surface area contributed by atoms with Crippen LogP contribution < -0.4 is 10.6 Å². The zero-order chi connectivity index (χ0) is 17.7. The molecular formula is C13H16F3N5O2. The second-order valence-electron chi connectivity index (χ2n) is 5.29. The Bertz CT molecular complexity index is 594. The average molecular weight is 331 g/mol. The molecule has 0 radical (unpaired) electrons. The van der Waals surface area contributed by atoms with Gasteiger partial charge in [-0.1, -0.05) is 0 Å². The summed E-state index contributed by atoms with van der Waals surface area (Å²) >= 11 is 0. The molecule has 0 unspecified atom stereocenters. The highest BCUT2D eigenvalue weighted by Crippen LogP contribution is 2.28. The summed E-state index contributed by atoms with van der Waals surface area (Å²) in [5, 5.41) is 17.9. The van der Waals surface area contributed by atoms with Crippen LogP contribution in [-0.2, 0) is 4.74 Å². The van der Waals surface area contributed by atoms with Crippen LogP contribution in [0.5, 0.6) is 0 Å². The zero-order valence-electron chi connectivity index (χ0n) is 12.7. The zero-order valence-corrected chi connectivity index (χ0v) is 12.7. The molecule has 7 nitrogen and oxygen atoms in total. The van der Waals surface area contributed by atoms with Gasteiger partial charge < -0.3 is 15.5 Å². The van der Waals surface area contributed by atoms with Crippen molar-refractivity contribution in [3.63, 3.8) is 0 Å². The van der Waals surface area contributed by atoms with Crippen molar-refractivity contribution in [2.24, 2.45) is 0 Å². The summed E-state index contributed by atoms with van der Waals surface area (Å²) in [5.74, 6) is -0.190. The molecule has 0 aliphatic heterocycles. The molecule has 3 N–H and O–H groups in total. The minimum absolute atomic E-state index is 0.190. The van der Waals surface area contributed by atoms with Crippen LogP contribution in [0.25, 0.3) is 0 Å². The third kappa shape index (κ3) is 6.32. The van der Waals surface area contributed by atoms with Gasteiger partial charge in [0.1, 0.15) is 11.3 Å². The second-order valence-corrected chi connectivity index (χ2v) is 5.29. The van der Waals surface area contributed by atoms with Gasteiger partial charge in [0, 0.05) is 12.4 Å². The molecule has 0 atom stereocenters. The van der Waals surface area contributed by atoms with E-state index in [4.69, 9.17) is 10.1 Å². The van der Waals surface area contributed by atoms with Gasteiger partial charge in [0.15, 0.2) is 5.82 Å². The number of amides is 1. The van der Waals surface area contributed by atoms with Crippen molar-refractivity contribution in [3.05, 3.63) is 29.7 Å². The lowest BCUT2D eigenvalue weighted by molar-refractivity contribution is -0.0910. The third-order valence-electron chi connectivity index (χ3n) is 2.16. The maximum atomic E-state index is 13.2. The standard InChI is InChI=1S/C13H16F3N5O2/c1-12(2,3)23-11(22)19-8(7-17)10(13(14,15)16)20-9-5-4-6-18-21-9/h4-7,17H,1-3H3,(H,19,22)(H,20,21)/b10-8+,17-7?. The lowest BCUT2D eigenvalue weighted by Gasteiger charge is -2.21. The van der Waals surface area contributed by atoms with Crippen molar-refractivity contribution in [3.8, 4) is 0 Å². The van der Waals surface area contributed by atoms with Crippen molar-refractivity contribution in [2.75, 3.05) is 5.32 Å². The number of nitrogens with one attached hydrogen (secondary N) is 3. The first-order valence-corrected chi connectivity index (χ1v) is 6.39. The first-order chi connectivity index (χ1) is 10.5. The van der Waals surface area contributed by atoms with Crippen LogP contribution in [0, 0.1) is 5.41 Å². The van der Waals surface area contributed by atoms with E-state index >= 15 is 0 Å². The van der Waals surface area contributed by atoms with Crippen molar-refractivity contribution in [1.82, 2.24) is 15.5 Å². The molecule has 1 amide bonds. The van der Waals surface area contributed by atoms with Crippen LogP contribution in [0.4, 0.5) is 23.8 Å². The summed E-state index contributed by atoms with van der Waals surface area (Å²) < 4.78 is 44.4. The molecule has 0 spiro atoms. The number of aromatic nitrogens is 2. The van der Waals surface area contributed by atoms with Gasteiger partial charge in [0.2, 0.25) is 0 Å². The Kier molecular flexibility index (Phi) is 5.66. The fourth-order valence-corrected chi connectivity index (χ4v) is 1.37. The van der Waals surface area contributed by atoms with Gasteiger partial charge in [-0.15, -0.1) is 5.10 Å². The van der Waals surface area contributed by atoms with E-state index in [1.54, 1.807) is 20.8 Å². The number of carbonyl (C=O) groups is 1. The molecule has 1 aromatic rings. The van der Waals surface area contributed by atoms with Gasteiger partial charge in [-0.3, -0.25) is 5.32 Å². The van der Waals surface area contributed by atoms with E-state index in [9.17, 15) is 18.0 Å². The van der Waals surface area contributed by atoms with Crippen LogP contribution in [-0.4, -0.2) is 34.3 Å². The van der Waals surface area contributed by atoms with Crippen LogP contribution in [0.1, 0.15) is 20.8 Å². The van der Waals surface area contributed by atoms with Crippen molar-refractivity contribution in [2.45, 2.75) is 32.5 Å². The number of halogens is 3. The summed E-state index contributed by atoms with van der Waals surface area (Å²) in [6, 6.07) is 2.64. The Labute approximate surface area is 130 Å². The SMILES string of the molecule is CC(C)(C)OC(=O)N/C(C=N)=C(/Nc1cccnn1)C(F)(F)F. The van der Waals surface area contributed by atoms with Gasteiger partial charge in [-0.25, -0.2) is 4.79 Å². The minimum atomic E-state index is -4.86. The predicted molar refractivity (Wildman–Crippen MR) is 76.9 cm³/mol. The number of hydrogen-bond acceptors (Lipinski definition) is 6. The first-order valence-electron chi connectivity index (χ1n) is 6.39. The molecule has 10 heteroatoms. The highest BCUT2D eigenvalue weighted by atomic mass is 19.4. The molecule has 0 bridgehead atoms. The van der Waals surface area contributed by atoms with Crippen molar-refractivity contribution < 1.29 is 22.7 Å². The van der Waals surface area contributed by atoms with E-state index in [2.05, 4.69) is 10.2 Å². The van der Waals surface area contributed by atoms with Crippen LogP contribution >= 0.6 is 0 Å². The summed E-state index contributed by atoms with van der Waals surface area (Å²) in [4.78, 5) is 11.6. The van der Waals surface area contributed by atoms with Crippen LogP contribution in [0.2, 0.25) is 0 Å². The Balaban J connectivity index is 3.11. The predicted octanol–water partition coefficient (Wildman–Crippen LogP) is 2.84. The quantitative estimate of drug-likeness (QED) is 0.737. The maximum Gasteiger partial charge on any atom is 0.433 e. The fourth-order valence-electron chi connectivity index (χ4n) is 1.37. The highest BCUT2D eigenvalue weighted by molar-refractivity contribution is 5.85. The van der Waals surface area contributed by atoms with Gasteiger partial charge in [-0.05, 0) is 32.9 Å². The summed E-state index contributed by atoms with van der Waals surface area (Å²) in [6.07, 6.45) is -4.33. The molecule has 126 valence electrons. The normalized spacial score (nSPS) is 13.0. The molecule has 0 saturated heterocycles. The number of ether oxygens (including phenoxy) is 1. The fraction of sp³-hybridized carbons (Fsp3) is 0.385. The number of allylic oxidation sites excluding steroid dienone is 2. The first kappa shape index (κ1) is 18.4. The smallest absolute Gasteiger partial charge is 0.433 e. The Morgan fingerprint density at radius 1 is 1.35 bits per heavy atom. The number of rotatable bonds is 4. The maximum absolute atomic E-state index is 13.2. The molecule has 23 heavy (non-hydrogen) atoms. The van der Waals surface area contributed by atoms with Crippen LogP contribution in [0.3, 0.4) is 0 Å². The number of alkyl carbamates (subject to hydrolysis) is 1. The third-order valence-corrected chi connectivity index (χ3v) is 2.16. The topological polar surface area (TPSA) is 100.0 Å². The average Bonchev–Trinajstić information content (AvgIpc) is 2.40. The largest absolute Gasteiger partial charge is 0.444 e. The van der Waals surface area contributed by atoms with Gasteiger partial charge in [0.05, 0.1) is 5.70 Å². The minimum Gasteiger partial charge on any atom is -0.444 e. The monoisotopic (exact) mass is 331 g/mol. The van der Waals surface area contributed by atoms with E-state index in [1.807, 2.05) is 10.6 Å².